The van der Waals surface area contributed by atoms with E-state index in [0.29, 0.717) is 12.1 Å². The van der Waals surface area contributed by atoms with Crippen molar-refractivity contribution in [2.24, 2.45) is 0 Å². The molecule has 0 radical (unpaired) electrons. The van der Waals surface area contributed by atoms with E-state index < -0.39 is 0 Å². The van der Waals surface area contributed by atoms with Gasteiger partial charge in [0.2, 0.25) is 0 Å². The largest absolute Gasteiger partial charge is 0.290 e. The Kier molecular flexibility index (Phi) is 3.78. The summed E-state index contributed by atoms with van der Waals surface area (Å²) in [5.74, 6) is 0. The van der Waals surface area contributed by atoms with E-state index in [1.807, 2.05) is 23.1 Å². The Bertz CT molecular complexity index is 548. The number of hydrogen-bond acceptors (Lipinski definition) is 4. The molecule has 2 aromatic heterocycles. The number of rotatable bonds is 4. The van der Waals surface area contributed by atoms with E-state index in [9.17, 15) is 0 Å². The van der Waals surface area contributed by atoms with Gasteiger partial charge in [0.15, 0.2) is 0 Å². The molecule has 0 N–H and O–H groups in total. The molecular formula is C15H21N5. The fourth-order valence-electron chi connectivity index (χ4n) is 2.81. The highest BCUT2D eigenvalue weighted by Crippen LogP contribution is 2.32. The first-order chi connectivity index (χ1) is 9.74. The zero-order valence-corrected chi connectivity index (χ0v) is 12.1. The summed E-state index contributed by atoms with van der Waals surface area (Å²) in [5, 5.41) is 8.47. The lowest BCUT2D eigenvalue weighted by molar-refractivity contribution is 0.245. The molecule has 0 bridgehead atoms. The summed E-state index contributed by atoms with van der Waals surface area (Å²) >= 11 is 0. The zero-order chi connectivity index (χ0) is 13.9. The van der Waals surface area contributed by atoms with Gasteiger partial charge < -0.3 is 0 Å². The van der Waals surface area contributed by atoms with E-state index in [4.69, 9.17) is 0 Å². The van der Waals surface area contributed by atoms with Gasteiger partial charge in [-0.3, -0.25) is 9.88 Å². The first-order valence-electron chi connectivity index (χ1n) is 7.28. The normalized spacial score (nSPS) is 19.9. The number of nitrogens with zero attached hydrogens (tertiary/aromatic N) is 5. The summed E-state index contributed by atoms with van der Waals surface area (Å²) in [6.45, 7) is 6.22. The van der Waals surface area contributed by atoms with Gasteiger partial charge >= 0.3 is 0 Å². The first kappa shape index (κ1) is 13.2. The Hall–Kier alpha value is -1.75. The SMILES string of the molecule is CC(C)n1cc(CN2CCCC2c2cccnc2)nn1. The fraction of sp³-hybridized carbons (Fsp3) is 0.533. The van der Waals surface area contributed by atoms with Crippen LogP contribution >= 0.6 is 0 Å². The van der Waals surface area contributed by atoms with Gasteiger partial charge in [-0.15, -0.1) is 5.10 Å². The average molecular weight is 271 g/mol. The third kappa shape index (κ3) is 2.72. The summed E-state index contributed by atoms with van der Waals surface area (Å²) in [6, 6.07) is 5.01. The molecule has 3 heterocycles. The fourth-order valence-corrected chi connectivity index (χ4v) is 2.81. The Morgan fingerprint density at radius 2 is 2.30 bits per heavy atom. The quantitative estimate of drug-likeness (QED) is 0.857. The molecule has 1 unspecified atom stereocenters. The topological polar surface area (TPSA) is 46.8 Å². The van der Waals surface area contributed by atoms with Crippen LogP contribution < -0.4 is 0 Å². The van der Waals surface area contributed by atoms with E-state index in [0.717, 1.165) is 18.8 Å². The van der Waals surface area contributed by atoms with Crippen molar-refractivity contribution in [2.45, 2.75) is 45.3 Å². The lowest BCUT2D eigenvalue weighted by Gasteiger charge is -2.23. The minimum atomic E-state index is 0.365. The van der Waals surface area contributed by atoms with E-state index in [1.165, 1.54) is 18.4 Å². The van der Waals surface area contributed by atoms with Gasteiger partial charge in [-0.2, -0.15) is 0 Å². The molecule has 5 nitrogen and oxygen atoms in total. The van der Waals surface area contributed by atoms with Crippen LogP contribution in [0.1, 0.15) is 50.0 Å². The molecule has 106 valence electrons. The molecule has 1 saturated heterocycles. The van der Waals surface area contributed by atoms with Crippen LogP contribution in [0.15, 0.2) is 30.7 Å². The van der Waals surface area contributed by atoms with Gasteiger partial charge in [-0.05, 0) is 44.9 Å². The Morgan fingerprint density at radius 3 is 3.00 bits per heavy atom. The van der Waals surface area contributed by atoms with Gasteiger partial charge in [0.1, 0.15) is 0 Å². The second-order valence-corrected chi connectivity index (χ2v) is 5.70. The highest BCUT2D eigenvalue weighted by molar-refractivity contribution is 5.15. The maximum absolute atomic E-state index is 4.28. The smallest absolute Gasteiger partial charge is 0.0967 e. The predicted octanol–water partition coefficient (Wildman–Crippen LogP) is 2.59. The lowest BCUT2D eigenvalue weighted by atomic mass is 10.1. The maximum Gasteiger partial charge on any atom is 0.0967 e. The number of pyridine rings is 1. The second-order valence-electron chi connectivity index (χ2n) is 5.70. The van der Waals surface area contributed by atoms with Crippen molar-refractivity contribution >= 4 is 0 Å². The third-order valence-electron chi connectivity index (χ3n) is 3.88. The molecule has 0 saturated carbocycles. The van der Waals surface area contributed by atoms with Crippen molar-refractivity contribution in [3.8, 4) is 0 Å². The first-order valence-corrected chi connectivity index (χ1v) is 7.28. The van der Waals surface area contributed by atoms with Crippen molar-refractivity contribution in [3.63, 3.8) is 0 Å². The predicted molar refractivity (Wildman–Crippen MR) is 77.0 cm³/mol. The zero-order valence-electron chi connectivity index (χ0n) is 12.1. The standard InChI is InChI=1S/C15H21N5/c1-12(2)20-11-14(17-18-20)10-19-8-4-6-15(19)13-5-3-7-16-9-13/h3,5,7,9,11-12,15H,4,6,8,10H2,1-2H3. The molecule has 0 spiro atoms. The van der Waals surface area contributed by atoms with Crippen molar-refractivity contribution < 1.29 is 0 Å². The minimum absolute atomic E-state index is 0.365. The van der Waals surface area contributed by atoms with Gasteiger partial charge in [-0.1, -0.05) is 11.3 Å². The minimum Gasteiger partial charge on any atom is -0.290 e. The van der Waals surface area contributed by atoms with E-state index in [-0.39, 0.29) is 0 Å². The molecule has 1 aliphatic rings. The molecule has 3 rings (SSSR count). The summed E-state index contributed by atoms with van der Waals surface area (Å²) in [4.78, 5) is 6.72. The highest BCUT2D eigenvalue weighted by Gasteiger charge is 2.26. The molecule has 0 aromatic carbocycles. The molecule has 2 aromatic rings. The molecular weight excluding hydrogens is 250 g/mol. The highest BCUT2D eigenvalue weighted by atomic mass is 15.4. The summed E-state index contributed by atoms with van der Waals surface area (Å²) in [7, 11) is 0. The molecule has 5 heteroatoms. The number of likely N-dealkylation sites (tertiary alicyclic amines) is 1. The molecule has 1 fully saturated rings. The average Bonchev–Trinajstić information content (AvgIpc) is 3.09. The maximum atomic E-state index is 4.28. The molecule has 1 aliphatic heterocycles. The van der Waals surface area contributed by atoms with Gasteiger partial charge in [0.05, 0.1) is 11.9 Å². The van der Waals surface area contributed by atoms with Crippen LogP contribution in [0.25, 0.3) is 0 Å². The Labute approximate surface area is 119 Å². The van der Waals surface area contributed by atoms with Crippen LogP contribution in [0.2, 0.25) is 0 Å². The van der Waals surface area contributed by atoms with Crippen LogP contribution in [0.5, 0.6) is 0 Å². The van der Waals surface area contributed by atoms with Crippen molar-refractivity contribution in [2.75, 3.05) is 6.54 Å². The second kappa shape index (κ2) is 5.71. The Balaban J connectivity index is 1.72. The van der Waals surface area contributed by atoms with E-state index in [1.54, 1.807) is 0 Å². The summed E-state index contributed by atoms with van der Waals surface area (Å²) in [5.41, 5.74) is 2.36. The van der Waals surface area contributed by atoms with Crippen molar-refractivity contribution in [1.82, 2.24) is 24.9 Å². The Morgan fingerprint density at radius 1 is 1.40 bits per heavy atom. The van der Waals surface area contributed by atoms with Crippen molar-refractivity contribution in [3.05, 3.63) is 42.0 Å². The number of aromatic nitrogens is 4. The van der Waals surface area contributed by atoms with Crippen molar-refractivity contribution in [1.29, 1.82) is 0 Å². The number of hydrogen-bond donors (Lipinski definition) is 0. The lowest BCUT2D eigenvalue weighted by Crippen LogP contribution is -2.23. The monoisotopic (exact) mass is 271 g/mol. The molecule has 1 atom stereocenters. The van der Waals surface area contributed by atoms with Gasteiger partial charge in [-0.25, -0.2) is 4.68 Å². The molecule has 0 aliphatic carbocycles. The van der Waals surface area contributed by atoms with Crippen LogP contribution in [0.4, 0.5) is 0 Å². The van der Waals surface area contributed by atoms with Gasteiger partial charge in [0.25, 0.3) is 0 Å². The molecule has 0 amide bonds. The summed E-state index contributed by atoms with van der Waals surface area (Å²) in [6.07, 6.45) is 8.30. The molecule has 20 heavy (non-hydrogen) atoms. The third-order valence-corrected chi connectivity index (χ3v) is 3.88. The summed E-state index contributed by atoms with van der Waals surface area (Å²) < 4.78 is 1.92. The van der Waals surface area contributed by atoms with E-state index in [2.05, 4.69) is 46.3 Å². The van der Waals surface area contributed by atoms with E-state index >= 15 is 0 Å². The van der Waals surface area contributed by atoms with Crippen LogP contribution in [-0.2, 0) is 6.54 Å². The van der Waals surface area contributed by atoms with Crippen LogP contribution in [0, 0.1) is 0 Å². The van der Waals surface area contributed by atoms with Crippen LogP contribution in [-0.4, -0.2) is 31.4 Å². The van der Waals surface area contributed by atoms with Crippen LogP contribution in [0.3, 0.4) is 0 Å². The van der Waals surface area contributed by atoms with Gasteiger partial charge in [0, 0.05) is 31.0 Å².